The van der Waals surface area contributed by atoms with Crippen molar-refractivity contribution in [3.8, 4) is 0 Å². The maximum atomic E-state index is 12.5. The minimum absolute atomic E-state index is 0.0921. The summed E-state index contributed by atoms with van der Waals surface area (Å²) >= 11 is 0. The van der Waals surface area contributed by atoms with Crippen molar-refractivity contribution in [2.24, 2.45) is 11.8 Å². The van der Waals surface area contributed by atoms with Gasteiger partial charge >= 0.3 is 6.03 Å². The van der Waals surface area contributed by atoms with Gasteiger partial charge in [-0.15, -0.1) is 6.58 Å². The summed E-state index contributed by atoms with van der Waals surface area (Å²) in [5.74, 6) is 0.0615. The highest BCUT2D eigenvalue weighted by atomic mass is 16.2. The Morgan fingerprint density at radius 1 is 1.32 bits per heavy atom. The van der Waals surface area contributed by atoms with Gasteiger partial charge in [0.25, 0.3) is 0 Å². The molecule has 0 aliphatic carbocycles. The summed E-state index contributed by atoms with van der Waals surface area (Å²) in [5.41, 5.74) is 1.94. The maximum Gasteiger partial charge on any atom is 0.321 e. The highest BCUT2D eigenvalue weighted by molar-refractivity contribution is 5.92. The van der Waals surface area contributed by atoms with Crippen LogP contribution in [0.3, 0.4) is 0 Å². The zero-order valence-electron chi connectivity index (χ0n) is 13.3. The minimum atomic E-state index is -0.128. The third kappa shape index (κ3) is 3.75. The van der Waals surface area contributed by atoms with Gasteiger partial charge in [0, 0.05) is 30.6 Å². The van der Waals surface area contributed by atoms with Gasteiger partial charge in [-0.05, 0) is 24.5 Å². The summed E-state index contributed by atoms with van der Waals surface area (Å²) in [7, 11) is 0. The molecule has 0 bridgehead atoms. The van der Waals surface area contributed by atoms with Crippen molar-refractivity contribution < 1.29 is 9.59 Å². The second-order valence-corrected chi connectivity index (χ2v) is 6.02. The molecule has 0 unspecified atom stereocenters. The lowest BCUT2D eigenvalue weighted by atomic mass is 9.90. The number of rotatable bonds is 4. The largest absolute Gasteiger partial charge is 0.323 e. The second kappa shape index (κ2) is 7.25. The van der Waals surface area contributed by atoms with E-state index in [9.17, 15) is 9.59 Å². The molecular formula is C18H24N2O2. The van der Waals surface area contributed by atoms with Crippen molar-refractivity contribution in [2.45, 2.75) is 26.7 Å². The monoisotopic (exact) mass is 300 g/mol. The van der Waals surface area contributed by atoms with Crippen LogP contribution in [0.2, 0.25) is 0 Å². The van der Waals surface area contributed by atoms with E-state index in [1.807, 2.05) is 44.2 Å². The highest BCUT2D eigenvalue weighted by Crippen LogP contribution is 2.21. The molecule has 2 rings (SSSR count). The molecule has 118 valence electrons. The first-order valence-corrected chi connectivity index (χ1v) is 7.81. The zero-order chi connectivity index (χ0) is 16.1. The normalized spacial score (nSPS) is 21.5. The van der Waals surface area contributed by atoms with E-state index < -0.39 is 0 Å². The van der Waals surface area contributed by atoms with Crippen LogP contribution in [0.25, 0.3) is 0 Å². The molecule has 0 saturated carbocycles. The zero-order valence-corrected chi connectivity index (χ0v) is 13.3. The van der Waals surface area contributed by atoms with E-state index in [1.165, 1.54) is 0 Å². The molecule has 0 aromatic heterocycles. The Balaban J connectivity index is 2.06. The van der Waals surface area contributed by atoms with Gasteiger partial charge < -0.3 is 10.2 Å². The molecule has 1 aromatic rings. The Labute approximate surface area is 132 Å². The van der Waals surface area contributed by atoms with Gasteiger partial charge in [0.2, 0.25) is 0 Å². The van der Waals surface area contributed by atoms with Crippen molar-refractivity contribution in [3.05, 3.63) is 42.5 Å². The van der Waals surface area contributed by atoms with Crippen molar-refractivity contribution in [2.75, 3.05) is 18.4 Å². The summed E-state index contributed by atoms with van der Waals surface area (Å²) in [5, 5.41) is 2.99. The molecule has 1 aliphatic heterocycles. The van der Waals surface area contributed by atoms with E-state index >= 15 is 0 Å². The summed E-state index contributed by atoms with van der Waals surface area (Å²) < 4.78 is 0. The number of anilines is 1. The summed E-state index contributed by atoms with van der Waals surface area (Å²) in [6.07, 6.45) is 3.60. The van der Waals surface area contributed by atoms with Crippen molar-refractivity contribution in [3.63, 3.8) is 0 Å². The number of carbonyl (C=O) groups excluding carboxylic acids is 2. The Morgan fingerprint density at radius 3 is 2.59 bits per heavy atom. The van der Waals surface area contributed by atoms with Gasteiger partial charge in [0.15, 0.2) is 0 Å². The quantitative estimate of drug-likeness (QED) is 0.865. The van der Waals surface area contributed by atoms with Crippen LogP contribution >= 0.6 is 0 Å². The van der Waals surface area contributed by atoms with Gasteiger partial charge in [-0.3, -0.25) is 4.79 Å². The number of hydrogen-bond donors (Lipinski definition) is 1. The van der Waals surface area contributed by atoms with E-state index in [2.05, 4.69) is 11.9 Å². The molecule has 1 N–H and O–H groups in total. The molecule has 1 saturated heterocycles. The van der Waals surface area contributed by atoms with E-state index in [-0.39, 0.29) is 23.7 Å². The van der Waals surface area contributed by atoms with Gasteiger partial charge in [0.05, 0.1) is 0 Å². The SMILES string of the molecule is C=CCCc1ccccc1NC(=O)N1C[C@@H](C)C(=O)[C@H](C)C1. The molecular weight excluding hydrogens is 276 g/mol. The third-order valence-electron chi connectivity index (χ3n) is 4.12. The predicted molar refractivity (Wildman–Crippen MR) is 88.9 cm³/mol. The average molecular weight is 300 g/mol. The van der Waals surface area contributed by atoms with Crippen LogP contribution < -0.4 is 5.32 Å². The number of allylic oxidation sites excluding steroid dienone is 1. The average Bonchev–Trinajstić information content (AvgIpc) is 2.51. The molecule has 1 heterocycles. The van der Waals surface area contributed by atoms with Crippen molar-refractivity contribution in [1.82, 2.24) is 4.90 Å². The van der Waals surface area contributed by atoms with Gasteiger partial charge in [-0.1, -0.05) is 38.1 Å². The predicted octanol–water partition coefficient (Wildman–Crippen LogP) is 3.49. The number of aryl methyl sites for hydroxylation is 1. The van der Waals surface area contributed by atoms with Crippen LogP contribution in [0, 0.1) is 11.8 Å². The van der Waals surface area contributed by atoms with Gasteiger partial charge in [-0.2, -0.15) is 0 Å². The first-order chi connectivity index (χ1) is 10.5. The van der Waals surface area contributed by atoms with E-state index in [0.717, 1.165) is 24.1 Å². The Morgan fingerprint density at radius 2 is 1.95 bits per heavy atom. The number of piperidine rings is 1. The van der Waals surface area contributed by atoms with Gasteiger partial charge in [-0.25, -0.2) is 4.79 Å². The van der Waals surface area contributed by atoms with Crippen molar-refractivity contribution in [1.29, 1.82) is 0 Å². The number of para-hydroxylation sites is 1. The van der Waals surface area contributed by atoms with Crippen LogP contribution in [0.1, 0.15) is 25.8 Å². The topological polar surface area (TPSA) is 49.4 Å². The first-order valence-electron chi connectivity index (χ1n) is 7.81. The molecule has 4 nitrogen and oxygen atoms in total. The fourth-order valence-electron chi connectivity index (χ4n) is 2.88. The summed E-state index contributed by atoms with van der Waals surface area (Å²) in [6, 6.07) is 7.69. The summed E-state index contributed by atoms with van der Waals surface area (Å²) in [4.78, 5) is 26.1. The fraction of sp³-hybridized carbons (Fsp3) is 0.444. The van der Waals surface area contributed by atoms with Crippen LogP contribution in [0.15, 0.2) is 36.9 Å². The number of Topliss-reactive ketones (excluding diaryl/α,β-unsaturated/α-hetero) is 1. The maximum absolute atomic E-state index is 12.5. The molecule has 1 fully saturated rings. The highest BCUT2D eigenvalue weighted by Gasteiger charge is 2.32. The number of ketones is 1. The molecule has 1 aliphatic rings. The molecule has 0 spiro atoms. The molecule has 2 atom stereocenters. The lowest BCUT2D eigenvalue weighted by Gasteiger charge is -2.34. The second-order valence-electron chi connectivity index (χ2n) is 6.02. The van der Waals surface area contributed by atoms with Crippen LogP contribution in [0.5, 0.6) is 0 Å². The summed E-state index contributed by atoms with van der Waals surface area (Å²) in [6.45, 7) is 8.49. The third-order valence-corrected chi connectivity index (χ3v) is 4.12. The van der Waals surface area contributed by atoms with Crippen LogP contribution in [0.4, 0.5) is 10.5 Å². The number of urea groups is 1. The minimum Gasteiger partial charge on any atom is -0.323 e. The molecule has 22 heavy (non-hydrogen) atoms. The molecule has 2 amide bonds. The smallest absolute Gasteiger partial charge is 0.321 e. The lowest BCUT2D eigenvalue weighted by molar-refractivity contribution is -0.128. The van der Waals surface area contributed by atoms with Crippen molar-refractivity contribution >= 4 is 17.5 Å². The Bertz CT molecular complexity index is 554. The Hall–Kier alpha value is -2.10. The van der Waals surface area contributed by atoms with Crippen LogP contribution in [-0.4, -0.2) is 29.8 Å². The number of nitrogens with one attached hydrogen (secondary N) is 1. The van der Waals surface area contributed by atoms with E-state index in [0.29, 0.717) is 13.1 Å². The lowest BCUT2D eigenvalue weighted by Crippen LogP contribution is -2.49. The molecule has 4 heteroatoms. The molecule has 0 radical (unpaired) electrons. The number of benzene rings is 1. The first kappa shape index (κ1) is 16.3. The number of amides is 2. The fourth-order valence-corrected chi connectivity index (χ4v) is 2.88. The van der Waals surface area contributed by atoms with Gasteiger partial charge in [0.1, 0.15) is 5.78 Å². The standard InChI is InChI=1S/C18H24N2O2/c1-4-5-8-15-9-6-7-10-16(15)19-18(22)20-11-13(2)17(21)14(3)12-20/h4,6-7,9-10,13-14H,1,5,8,11-12H2,2-3H3,(H,19,22)/t13-,14-/m1/s1. The number of likely N-dealkylation sites (tertiary alicyclic amines) is 1. The molecule has 1 aromatic carbocycles. The van der Waals surface area contributed by atoms with E-state index in [4.69, 9.17) is 0 Å². The number of carbonyl (C=O) groups is 2. The van der Waals surface area contributed by atoms with E-state index in [1.54, 1.807) is 4.90 Å². The number of nitrogens with zero attached hydrogens (tertiary/aromatic N) is 1. The number of hydrogen-bond acceptors (Lipinski definition) is 2. The Kier molecular flexibility index (Phi) is 5.36. The van der Waals surface area contributed by atoms with Crippen LogP contribution in [-0.2, 0) is 11.2 Å².